The molecule has 3 N–H and O–H groups in total. The highest BCUT2D eigenvalue weighted by Crippen LogP contribution is 2.32. The van der Waals surface area contributed by atoms with Crippen LogP contribution in [0, 0.1) is 19.3 Å². The van der Waals surface area contributed by atoms with Crippen molar-refractivity contribution < 1.29 is 9.53 Å². The van der Waals surface area contributed by atoms with E-state index in [9.17, 15) is 4.79 Å². The average molecular weight is 296 g/mol. The summed E-state index contributed by atoms with van der Waals surface area (Å²) >= 11 is 1.77. The molecule has 0 saturated carbocycles. The van der Waals surface area contributed by atoms with Gasteiger partial charge in [-0.25, -0.2) is 0 Å². The van der Waals surface area contributed by atoms with Gasteiger partial charge in [0, 0.05) is 29.5 Å². The maximum Gasteiger partial charge on any atom is 0.228 e. The molecule has 20 heavy (non-hydrogen) atoms. The molecule has 1 saturated heterocycles. The lowest BCUT2D eigenvalue weighted by atomic mass is 9.79. The molecule has 112 valence electrons. The molecule has 0 bridgehead atoms. The Morgan fingerprint density at radius 1 is 1.50 bits per heavy atom. The second-order valence-electron chi connectivity index (χ2n) is 5.66. The zero-order valence-electron chi connectivity index (χ0n) is 12.5. The fourth-order valence-electron chi connectivity index (χ4n) is 2.79. The van der Waals surface area contributed by atoms with E-state index in [1.54, 1.807) is 11.3 Å². The SMILES string of the molecule is Cc1cc(C(C)NC(=O)C2(CN)CCOCC2)c(C)s1. The number of rotatable bonds is 4. The Labute approximate surface area is 124 Å². The molecule has 1 unspecified atom stereocenters. The van der Waals surface area contributed by atoms with Gasteiger partial charge in [0.25, 0.3) is 0 Å². The molecule has 0 aliphatic carbocycles. The first-order chi connectivity index (χ1) is 9.48. The minimum atomic E-state index is -0.453. The summed E-state index contributed by atoms with van der Waals surface area (Å²) in [5.41, 5.74) is 6.63. The molecule has 1 aromatic heterocycles. The second-order valence-corrected chi connectivity index (χ2v) is 7.12. The molecule has 1 aliphatic rings. The molecule has 0 radical (unpaired) electrons. The van der Waals surface area contributed by atoms with Crippen LogP contribution in [0.2, 0.25) is 0 Å². The third kappa shape index (κ3) is 3.05. The number of carbonyl (C=O) groups is 1. The smallest absolute Gasteiger partial charge is 0.228 e. The van der Waals surface area contributed by atoms with Crippen molar-refractivity contribution in [3.63, 3.8) is 0 Å². The second kappa shape index (κ2) is 6.24. The van der Waals surface area contributed by atoms with Crippen molar-refractivity contribution in [2.45, 2.75) is 39.7 Å². The van der Waals surface area contributed by atoms with Crippen molar-refractivity contribution in [1.29, 1.82) is 0 Å². The fourth-order valence-corrected chi connectivity index (χ4v) is 3.82. The number of amides is 1. The lowest BCUT2D eigenvalue weighted by Gasteiger charge is -2.35. The van der Waals surface area contributed by atoms with Crippen molar-refractivity contribution >= 4 is 17.2 Å². The van der Waals surface area contributed by atoms with E-state index in [4.69, 9.17) is 10.5 Å². The van der Waals surface area contributed by atoms with E-state index in [0.717, 1.165) is 0 Å². The number of carbonyl (C=O) groups excluding carboxylic acids is 1. The van der Waals surface area contributed by atoms with Crippen molar-refractivity contribution in [3.8, 4) is 0 Å². The van der Waals surface area contributed by atoms with Gasteiger partial charge in [0.15, 0.2) is 0 Å². The molecule has 0 aromatic carbocycles. The molecule has 1 aromatic rings. The lowest BCUT2D eigenvalue weighted by Crippen LogP contribution is -2.49. The van der Waals surface area contributed by atoms with Crippen LogP contribution < -0.4 is 11.1 Å². The van der Waals surface area contributed by atoms with Crippen molar-refractivity contribution in [3.05, 3.63) is 21.4 Å². The van der Waals surface area contributed by atoms with E-state index in [2.05, 4.69) is 25.2 Å². The van der Waals surface area contributed by atoms with Crippen molar-refractivity contribution in [2.24, 2.45) is 11.1 Å². The highest BCUT2D eigenvalue weighted by atomic mass is 32.1. The summed E-state index contributed by atoms with van der Waals surface area (Å²) in [7, 11) is 0. The van der Waals surface area contributed by atoms with Crippen LogP contribution in [-0.4, -0.2) is 25.7 Å². The summed E-state index contributed by atoms with van der Waals surface area (Å²) in [5, 5.41) is 3.14. The van der Waals surface area contributed by atoms with Crippen LogP contribution in [-0.2, 0) is 9.53 Å². The van der Waals surface area contributed by atoms with E-state index >= 15 is 0 Å². The molecule has 1 aliphatic heterocycles. The zero-order chi connectivity index (χ0) is 14.8. The maximum absolute atomic E-state index is 12.6. The molecule has 2 rings (SSSR count). The third-order valence-electron chi connectivity index (χ3n) is 4.22. The predicted molar refractivity (Wildman–Crippen MR) is 81.9 cm³/mol. The number of ether oxygens (including phenoxy) is 1. The number of nitrogens with two attached hydrogens (primary N) is 1. The zero-order valence-corrected chi connectivity index (χ0v) is 13.3. The highest BCUT2D eigenvalue weighted by molar-refractivity contribution is 7.12. The van der Waals surface area contributed by atoms with E-state index < -0.39 is 5.41 Å². The van der Waals surface area contributed by atoms with Crippen LogP contribution in [0.4, 0.5) is 0 Å². The Morgan fingerprint density at radius 2 is 2.15 bits per heavy atom. The molecule has 2 heterocycles. The van der Waals surface area contributed by atoms with Crippen molar-refractivity contribution in [2.75, 3.05) is 19.8 Å². The lowest BCUT2D eigenvalue weighted by molar-refractivity contribution is -0.136. The van der Waals surface area contributed by atoms with E-state index in [0.29, 0.717) is 32.6 Å². The summed E-state index contributed by atoms with van der Waals surface area (Å²) in [5.74, 6) is 0.0686. The number of aryl methyl sites for hydroxylation is 2. The van der Waals surface area contributed by atoms with Gasteiger partial charge in [-0.1, -0.05) is 0 Å². The minimum Gasteiger partial charge on any atom is -0.381 e. The third-order valence-corrected chi connectivity index (χ3v) is 5.20. The van der Waals surface area contributed by atoms with Crippen molar-refractivity contribution in [1.82, 2.24) is 5.32 Å². The highest BCUT2D eigenvalue weighted by Gasteiger charge is 2.39. The molecular formula is C15H24N2O2S. The minimum absolute atomic E-state index is 0.0266. The van der Waals surface area contributed by atoms with E-state index in [1.807, 2.05) is 6.92 Å². The van der Waals surface area contributed by atoms with Gasteiger partial charge < -0.3 is 15.8 Å². The van der Waals surface area contributed by atoms with Gasteiger partial charge in [-0.2, -0.15) is 0 Å². The van der Waals surface area contributed by atoms with Gasteiger partial charge in [0.2, 0.25) is 5.91 Å². The molecular weight excluding hydrogens is 272 g/mol. The Hall–Kier alpha value is -0.910. The molecule has 4 nitrogen and oxygen atoms in total. The maximum atomic E-state index is 12.6. The van der Waals surface area contributed by atoms with Crippen LogP contribution >= 0.6 is 11.3 Å². The standard InChI is InChI=1S/C15H24N2O2S/c1-10-8-13(12(3)20-10)11(2)17-14(18)15(9-16)4-6-19-7-5-15/h8,11H,4-7,9,16H2,1-3H3,(H,17,18). The quantitative estimate of drug-likeness (QED) is 0.896. The normalized spacial score (nSPS) is 19.6. The predicted octanol–water partition coefficient (Wildman–Crippen LogP) is 2.30. The molecule has 1 amide bonds. The van der Waals surface area contributed by atoms with Gasteiger partial charge in [-0.3, -0.25) is 4.79 Å². The van der Waals surface area contributed by atoms with Crippen LogP contribution in [0.1, 0.15) is 41.1 Å². The number of thiophene rings is 1. The topological polar surface area (TPSA) is 64.4 Å². The summed E-state index contributed by atoms with van der Waals surface area (Å²) in [6, 6.07) is 2.18. The Bertz CT molecular complexity index is 478. The molecule has 1 fully saturated rings. The summed E-state index contributed by atoms with van der Waals surface area (Å²) < 4.78 is 5.35. The molecule has 1 atom stereocenters. The number of hydrogen-bond acceptors (Lipinski definition) is 4. The fraction of sp³-hybridized carbons (Fsp3) is 0.667. The van der Waals surface area contributed by atoms with Crippen LogP contribution in [0.3, 0.4) is 0 Å². The van der Waals surface area contributed by atoms with Gasteiger partial charge in [0.05, 0.1) is 11.5 Å². The van der Waals surface area contributed by atoms with Gasteiger partial charge in [0.1, 0.15) is 0 Å². The Morgan fingerprint density at radius 3 is 2.65 bits per heavy atom. The largest absolute Gasteiger partial charge is 0.381 e. The average Bonchev–Trinajstić information content (AvgIpc) is 2.78. The Balaban J connectivity index is 2.08. The van der Waals surface area contributed by atoms with Crippen LogP contribution in [0.25, 0.3) is 0 Å². The summed E-state index contributed by atoms with van der Waals surface area (Å²) in [4.78, 5) is 15.2. The molecule has 0 spiro atoms. The first kappa shape index (κ1) is 15.5. The summed E-state index contributed by atoms with van der Waals surface area (Å²) in [6.45, 7) is 7.86. The first-order valence-corrected chi connectivity index (χ1v) is 7.96. The molecule has 5 heteroatoms. The van der Waals surface area contributed by atoms with Crippen LogP contribution in [0.5, 0.6) is 0 Å². The van der Waals surface area contributed by atoms with Gasteiger partial charge in [-0.15, -0.1) is 11.3 Å². The Kier molecular flexibility index (Phi) is 4.83. The first-order valence-electron chi connectivity index (χ1n) is 7.14. The monoisotopic (exact) mass is 296 g/mol. The number of nitrogens with one attached hydrogen (secondary N) is 1. The van der Waals surface area contributed by atoms with Gasteiger partial charge in [-0.05, 0) is 45.2 Å². The number of hydrogen-bond donors (Lipinski definition) is 2. The van der Waals surface area contributed by atoms with E-state index in [1.165, 1.54) is 15.3 Å². The van der Waals surface area contributed by atoms with E-state index in [-0.39, 0.29) is 11.9 Å². The summed E-state index contributed by atoms with van der Waals surface area (Å²) in [6.07, 6.45) is 1.42. The van der Waals surface area contributed by atoms with Crippen LogP contribution in [0.15, 0.2) is 6.07 Å². The van der Waals surface area contributed by atoms with Gasteiger partial charge >= 0.3 is 0 Å².